The zero-order chi connectivity index (χ0) is 19.7. The number of hydrogen-bond donors (Lipinski definition) is 1. The molecule has 2 heterocycles. The lowest BCUT2D eigenvalue weighted by atomic mass is 9.61. The maximum Gasteiger partial charge on any atom is 0.251 e. The van der Waals surface area contributed by atoms with E-state index < -0.39 is 40.4 Å². The molecule has 3 atom stereocenters. The number of likely N-dealkylation sites (N-methyl/N-ethyl adjacent to an activating group) is 1. The van der Waals surface area contributed by atoms with Gasteiger partial charge in [-0.15, -0.1) is 0 Å². The summed E-state index contributed by atoms with van der Waals surface area (Å²) in [6.07, 6.45) is 2.33. The average molecular weight is 366 g/mol. The largest absolute Gasteiger partial charge is 0.366 e. The number of anilines is 1. The van der Waals surface area contributed by atoms with E-state index >= 15 is 0 Å². The molecule has 2 aliphatic heterocycles. The fourth-order valence-electron chi connectivity index (χ4n) is 4.72. The van der Waals surface area contributed by atoms with Crippen LogP contribution in [0.1, 0.15) is 13.8 Å². The summed E-state index contributed by atoms with van der Waals surface area (Å²) in [6.45, 7) is 2.87. The summed E-state index contributed by atoms with van der Waals surface area (Å²) in [6, 6.07) is 8.20. The second-order valence-electron chi connectivity index (χ2n) is 7.09. The van der Waals surface area contributed by atoms with Gasteiger partial charge in [-0.2, -0.15) is 0 Å². The third-order valence-electron chi connectivity index (χ3n) is 5.92. The summed E-state index contributed by atoms with van der Waals surface area (Å²) < 4.78 is 0. The normalized spacial score (nSPS) is 32.3. The summed E-state index contributed by atoms with van der Waals surface area (Å²) >= 11 is 0. The van der Waals surface area contributed by atoms with Gasteiger partial charge in [0, 0.05) is 18.3 Å². The molecule has 1 N–H and O–H groups in total. The lowest BCUT2D eigenvalue weighted by molar-refractivity contribution is -0.161. The molecule has 0 radical (unpaired) electrons. The van der Waals surface area contributed by atoms with E-state index in [2.05, 4.69) is 0 Å². The highest BCUT2D eigenvalue weighted by Crippen LogP contribution is 2.61. The van der Waals surface area contributed by atoms with E-state index in [0.29, 0.717) is 11.4 Å². The molecule has 0 bridgehead atoms. The molecular weight excluding hydrogens is 348 g/mol. The van der Waals surface area contributed by atoms with Crippen LogP contribution in [0.15, 0.2) is 53.8 Å². The van der Waals surface area contributed by atoms with Gasteiger partial charge in [-0.3, -0.25) is 19.2 Å². The molecule has 3 unspecified atom stereocenters. The van der Waals surface area contributed by atoms with Crippen LogP contribution in [-0.2, 0) is 19.2 Å². The molecule has 1 aromatic rings. The molecule has 1 saturated heterocycles. The predicted molar refractivity (Wildman–Crippen MR) is 95.1 cm³/mol. The lowest BCUT2D eigenvalue weighted by Gasteiger charge is -2.44. The summed E-state index contributed by atoms with van der Waals surface area (Å²) in [5, 5.41) is 11.5. The fraction of sp³-hybridized carbons (Fsp3) is 0.300. The van der Waals surface area contributed by atoms with Crippen molar-refractivity contribution < 1.29 is 24.3 Å². The van der Waals surface area contributed by atoms with Gasteiger partial charge in [0.1, 0.15) is 5.92 Å². The Morgan fingerprint density at radius 2 is 1.78 bits per heavy atom. The van der Waals surface area contributed by atoms with Crippen LogP contribution in [0.5, 0.6) is 0 Å². The van der Waals surface area contributed by atoms with Crippen molar-refractivity contribution in [2.45, 2.75) is 19.6 Å². The smallest absolute Gasteiger partial charge is 0.251 e. The molecule has 1 spiro atoms. The first-order valence-corrected chi connectivity index (χ1v) is 8.54. The number of rotatable bonds is 2. The molecule has 1 fully saturated rings. The summed E-state index contributed by atoms with van der Waals surface area (Å²) in [4.78, 5) is 54.4. The number of carbonyl (C=O) groups is 4. The number of allylic oxidation sites excluding steroid dienone is 2. The van der Waals surface area contributed by atoms with Crippen molar-refractivity contribution in [2.75, 3.05) is 11.9 Å². The third kappa shape index (κ3) is 1.74. The summed E-state index contributed by atoms with van der Waals surface area (Å²) in [5.74, 6) is -4.05. The van der Waals surface area contributed by atoms with Crippen molar-refractivity contribution in [3.05, 3.63) is 53.8 Å². The van der Waals surface area contributed by atoms with E-state index in [9.17, 15) is 24.3 Å². The Kier molecular flexibility index (Phi) is 3.36. The summed E-state index contributed by atoms with van der Waals surface area (Å²) in [7, 11) is 1.53. The molecule has 4 rings (SSSR count). The quantitative estimate of drug-likeness (QED) is 0.614. The van der Waals surface area contributed by atoms with Gasteiger partial charge in [-0.1, -0.05) is 18.2 Å². The van der Waals surface area contributed by atoms with Gasteiger partial charge in [0.15, 0.2) is 22.7 Å². The second-order valence-corrected chi connectivity index (χ2v) is 7.09. The average Bonchev–Trinajstić information content (AvgIpc) is 2.97. The zero-order valence-electron chi connectivity index (χ0n) is 15.1. The highest BCUT2D eigenvalue weighted by atomic mass is 16.3. The Labute approximate surface area is 155 Å². The monoisotopic (exact) mass is 366 g/mol. The molecule has 7 heteroatoms. The minimum absolute atomic E-state index is 0.00646. The second kappa shape index (κ2) is 5.23. The Morgan fingerprint density at radius 3 is 2.37 bits per heavy atom. The van der Waals surface area contributed by atoms with Crippen molar-refractivity contribution in [3.63, 3.8) is 0 Å². The van der Waals surface area contributed by atoms with Crippen LogP contribution in [-0.4, -0.2) is 46.2 Å². The van der Waals surface area contributed by atoms with Gasteiger partial charge in [0.2, 0.25) is 5.91 Å². The van der Waals surface area contributed by atoms with Crippen LogP contribution < -0.4 is 4.90 Å². The van der Waals surface area contributed by atoms with E-state index in [0.717, 1.165) is 11.0 Å². The van der Waals surface area contributed by atoms with Gasteiger partial charge >= 0.3 is 0 Å². The number of Topliss-reactive ketones (excluding diaryl/α,β-unsaturated/α-hetero) is 1. The Bertz CT molecular complexity index is 979. The van der Waals surface area contributed by atoms with Gasteiger partial charge in [0.05, 0.1) is 5.69 Å². The minimum atomic E-state index is -1.99. The molecule has 27 heavy (non-hydrogen) atoms. The van der Waals surface area contributed by atoms with Gasteiger partial charge in [-0.05, 0) is 38.1 Å². The number of carbonyl (C=O) groups excluding carboxylic acids is 4. The van der Waals surface area contributed by atoms with E-state index in [4.69, 9.17) is 0 Å². The lowest BCUT2D eigenvalue weighted by Crippen LogP contribution is -2.62. The molecule has 3 aliphatic rings. The maximum atomic E-state index is 13.7. The maximum absolute atomic E-state index is 13.7. The van der Waals surface area contributed by atoms with Crippen LogP contribution in [0, 0.1) is 11.3 Å². The number of hydrogen-bond acceptors (Lipinski definition) is 6. The van der Waals surface area contributed by atoms with Gasteiger partial charge in [-0.25, -0.2) is 4.90 Å². The number of nitrogens with zero attached hydrogens (tertiary/aromatic N) is 2. The number of para-hydroxylation sites is 1. The van der Waals surface area contributed by atoms with Crippen molar-refractivity contribution in [3.8, 4) is 0 Å². The van der Waals surface area contributed by atoms with Crippen LogP contribution in [0.3, 0.4) is 0 Å². The fourth-order valence-corrected chi connectivity index (χ4v) is 4.72. The number of imide groups is 1. The topological polar surface area (TPSA) is 95.0 Å². The van der Waals surface area contributed by atoms with Crippen molar-refractivity contribution in [1.82, 2.24) is 4.90 Å². The van der Waals surface area contributed by atoms with Crippen LogP contribution in [0.4, 0.5) is 5.69 Å². The Hall–Kier alpha value is -3.06. The van der Waals surface area contributed by atoms with E-state index in [1.807, 2.05) is 0 Å². The Morgan fingerprint density at radius 1 is 1.15 bits per heavy atom. The van der Waals surface area contributed by atoms with Crippen molar-refractivity contribution in [1.29, 1.82) is 0 Å². The first kappa shape index (κ1) is 17.4. The van der Waals surface area contributed by atoms with Crippen LogP contribution in [0.2, 0.25) is 0 Å². The van der Waals surface area contributed by atoms with Crippen LogP contribution >= 0.6 is 0 Å². The summed E-state index contributed by atoms with van der Waals surface area (Å²) in [5.41, 5.74) is -3.30. The number of benzene rings is 1. The van der Waals surface area contributed by atoms with E-state index in [1.54, 1.807) is 37.3 Å². The molecule has 1 aromatic carbocycles. The predicted octanol–water partition coefficient (Wildman–Crippen LogP) is 0.798. The Balaban J connectivity index is 2.07. The standard InChI is InChI=1S/C20H18N2O5/c1-11-15(12(2)23)20-16(14(24)9-10-19(20,27)21(11)3)17(25)22(18(20)26)13-7-5-4-6-8-13/h4-10,16,27H,1-3H3. The molecule has 2 amide bonds. The van der Waals surface area contributed by atoms with Gasteiger partial charge in [0.25, 0.3) is 5.91 Å². The molecular formula is C20H18N2O5. The number of aliphatic hydroxyl groups is 1. The number of ketones is 2. The molecule has 138 valence electrons. The highest BCUT2D eigenvalue weighted by molar-refractivity contribution is 6.34. The SMILES string of the molecule is CC(=O)C1=C(C)N(C)C2(O)C=CC(=O)C3C(=O)N(c4ccccc4)C(=O)C132. The molecule has 0 saturated carbocycles. The highest BCUT2D eigenvalue weighted by Gasteiger charge is 2.78. The van der Waals surface area contributed by atoms with Crippen molar-refractivity contribution >= 4 is 29.1 Å². The molecule has 1 aliphatic carbocycles. The minimum Gasteiger partial charge on any atom is -0.366 e. The molecule has 0 aromatic heterocycles. The van der Waals surface area contributed by atoms with E-state index in [1.165, 1.54) is 24.9 Å². The third-order valence-corrected chi connectivity index (χ3v) is 5.92. The number of amides is 2. The zero-order valence-corrected chi connectivity index (χ0v) is 15.1. The first-order chi connectivity index (χ1) is 12.7. The van der Waals surface area contributed by atoms with Gasteiger partial charge < -0.3 is 10.0 Å². The van der Waals surface area contributed by atoms with Crippen LogP contribution in [0.25, 0.3) is 0 Å². The van der Waals surface area contributed by atoms with Crippen molar-refractivity contribution in [2.24, 2.45) is 11.3 Å². The van der Waals surface area contributed by atoms with E-state index in [-0.39, 0.29) is 5.57 Å². The molecule has 7 nitrogen and oxygen atoms in total. The first-order valence-electron chi connectivity index (χ1n) is 8.54.